The van der Waals surface area contributed by atoms with Crippen molar-refractivity contribution < 1.29 is 14.4 Å². The van der Waals surface area contributed by atoms with Crippen molar-refractivity contribution in [3.63, 3.8) is 0 Å². The van der Waals surface area contributed by atoms with Gasteiger partial charge in [-0.3, -0.25) is 0 Å². The van der Waals surface area contributed by atoms with E-state index < -0.39 is 5.97 Å². The van der Waals surface area contributed by atoms with Gasteiger partial charge in [-0.15, -0.1) is 17.0 Å². The fourth-order valence-corrected chi connectivity index (χ4v) is 4.97. The predicted octanol–water partition coefficient (Wildman–Crippen LogP) is 3.70. The van der Waals surface area contributed by atoms with Gasteiger partial charge in [0.05, 0.1) is 25.2 Å². The summed E-state index contributed by atoms with van der Waals surface area (Å²) < 4.78 is 1.50. The monoisotopic (exact) mass is 389 g/mol. The topological polar surface area (TPSA) is 40.1 Å². The summed E-state index contributed by atoms with van der Waals surface area (Å²) >= 11 is 0. The Kier molecular flexibility index (Phi) is 8.06. The Labute approximate surface area is 153 Å². The van der Waals surface area contributed by atoms with Crippen LogP contribution >= 0.6 is 17.0 Å². The van der Waals surface area contributed by atoms with Crippen molar-refractivity contribution in [2.75, 3.05) is 7.05 Å². The first-order chi connectivity index (χ1) is 10.4. The van der Waals surface area contributed by atoms with Crippen LogP contribution in [0, 0.1) is 11.8 Å². The first kappa shape index (κ1) is 21.0. The fraction of sp³-hybridized carbons (Fsp3) is 0.947. The lowest BCUT2D eigenvalue weighted by Crippen LogP contribution is -2.57. The lowest BCUT2D eigenvalue weighted by atomic mass is 9.90. The minimum atomic E-state index is -0.930. The van der Waals surface area contributed by atoms with Crippen molar-refractivity contribution in [3.8, 4) is 0 Å². The van der Waals surface area contributed by atoms with E-state index in [0.717, 1.165) is 24.5 Å². The SMILES string of the molecule is Br.CCC(CC(=O)[O-])C(C)C.C[N+]1(C2CC2)C2CCCC1CC2. The molecule has 0 radical (unpaired) electrons. The van der Waals surface area contributed by atoms with Crippen LogP contribution in [0.25, 0.3) is 0 Å². The third kappa shape index (κ3) is 4.94. The standard InChI is InChI=1S/C11H20N.C8H16O2.BrH/c1-12(11-7-8-11)9-3-2-4-10(12)6-5-9;1-4-7(6(2)3)5-8(9)10;/h9-11H,2-8H2,1H3;6-7H,4-5H2,1-3H3,(H,9,10);1H/q+1;;/p-1. The Morgan fingerprint density at radius 2 is 1.48 bits per heavy atom. The summed E-state index contributed by atoms with van der Waals surface area (Å²) in [6.07, 6.45) is 11.9. The molecule has 3 nitrogen and oxygen atoms in total. The lowest BCUT2D eigenvalue weighted by molar-refractivity contribution is -0.958. The highest BCUT2D eigenvalue weighted by Crippen LogP contribution is 2.48. The average molecular weight is 390 g/mol. The Morgan fingerprint density at radius 1 is 1.04 bits per heavy atom. The molecule has 0 amide bonds. The minimum Gasteiger partial charge on any atom is -0.550 e. The molecule has 2 heterocycles. The number of carbonyl (C=O) groups excluding carboxylic acids is 1. The quantitative estimate of drug-likeness (QED) is 0.672. The lowest BCUT2D eigenvalue weighted by Gasteiger charge is -2.45. The summed E-state index contributed by atoms with van der Waals surface area (Å²) in [5.41, 5.74) is 0. The van der Waals surface area contributed by atoms with E-state index in [4.69, 9.17) is 0 Å². The Balaban J connectivity index is 0.000000226. The second kappa shape index (κ2) is 8.84. The van der Waals surface area contributed by atoms with Crippen LogP contribution in [0.5, 0.6) is 0 Å². The molecule has 1 aliphatic carbocycles. The molecule has 2 bridgehead atoms. The van der Waals surface area contributed by atoms with Crippen LogP contribution in [0.4, 0.5) is 0 Å². The number of piperidine rings is 1. The predicted molar refractivity (Wildman–Crippen MR) is 98.4 cm³/mol. The van der Waals surface area contributed by atoms with Crippen LogP contribution in [0.15, 0.2) is 0 Å². The molecule has 4 heteroatoms. The number of fused-ring (bicyclic) bond motifs is 2. The number of halogens is 1. The molecule has 3 unspecified atom stereocenters. The van der Waals surface area contributed by atoms with Crippen LogP contribution < -0.4 is 5.11 Å². The van der Waals surface area contributed by atoms with E-state index in [1.165, 1.54) is 49.4 Å². The molecule has 1 saturated carbocycles. The van der Waals surface area contributed by atoms with Crippen LogP contribution in [0.1, 0.15) is 78.6 Å². The molecule has 3 atom stereocenters. The summed E-state index contributed by atoms with van der Waals surface area (Å²) in [7, 11) is 2.55. The average Bonchev–Trinajstić information content (AvgIpc) is 3.28. The van der Waals surface area contributed by atoms with Crippen LogP contribution in [0.3, 0.4) is 0 Å². The molecule has 23 heavy (non-hydrogen) atoms. The summed E-state index contributed by atoms with van der Waals surface area (Å²) in [5, 5.41) is 10.2. The maximum Gasteiger partial charge on any atom is 0.0897 e. The zero-order valence-corrected chi connectivity index (χ0v) is 17.1. The highest BCUT2D eigenvalue weighted by molar-refractivity contribution is 8.93. The molecule has 3 aliphatic rings. The van der Waals surface area contributed by atoms with E-state index in [9.17, 15) is 9.90 Å². The van der Waals surface area contributed by atoms with Crippen molar-refractivity contribution in [1.29, 1.82) is 0 Å². The number of carboxylic acid groups (broad SMARTS) is 1. The van der Waals surface area contributed by atoms with Gasteiger partial charge in [0.25, 0.3) is 0 Å². The molecule has 136 valence electrons. The minimum absolute atomic E-state index is 0. The van der Waals surface area contributed by atoms with E-state index in [1.54, 1.807) is 0 Å². The smallest absolute Gasteiger partial charge is 0.0897 e. The second-order valence-electron chi connectivity index (χ2n) is 8.26. The third-order valence-corrected chi connectivity index (χ3v) is 6.71. The van der Waals surface area contributed by atoms with E-state index in [2.05, 4.69) is 7.05 Å². The molecule has 2 aliphatic heterocycles. The largest absolute Gasteiger partial charge is 0.550 e. The highest BCUT2D eigenvalue weighted by atomic mass is 79.9. The van der Waals surface area contributed by atoms with Gasteiger partial charge >= 0.3 is 0 Å². The molecule has 3 fully saturated rings. The van der Waals surface area contributed by atoms with Crippen molar-refractivity contribution in [1.82, 2.24) is 0 Å². The molecule has 0 aromatic carbocycles. The molecule has 0 N–H and O–H groups in total. The number of aliphatic carboxylic acids is 1. The van der Waals surface area contributed by atoms with Gasteiger partial charge in [-0.1, -0.05) is 27.2 Å². The van der Waals surface area contributed by atoms with Crippen molar-refractivity contribution in [2.45, 2.75) is 96.7 Å². The zero-order chi connectivity index (χ0) is 16.3. The Bertz CT molecular complexity index is 366. The first-order valence-electron chi connectivity index (χ1n) is 9.44. The number of hydrogen-bond acceptors (Lipinski definition) is 2. The maximum absolute atomic E-state index is 10.2. The summed E-state index contributed by atoms with van der Waals surface area (Å²) in [6.45, 7) is 6.09. The number of carbonyl (C=O) groups is 1. The Morgan fingerprint density at radius 3 is 1.78 bits per heavy atom. The van der Waals surface area contributed by atoms with Crippen LogP contribution in [-0.4, -0.2) is 35.6 Å². The number of quaternary nitrogens is 1. The Hall–Kier alpha value is -0.0900. The molecule has 0 aromatic heterocycles. The second-order valence-corrected chi connectivity index (χ2v) is 8.26. The van der Waals surface area contributed by atoms with Gasteiger partial charge < -0.3 is 14.4 Å². The summed E-state index contributed by atoms with van der Waals surface area (Å²) in [5.74, 6) is -0.201. The van der Waals surface area contributed by atoms with E-state index in [1.807, 2.05) is 20.8 Å². The molecule has 0 aromatic rings. The van der Waals surface area contributed by atoms with Gasteiger partial charge in [-0.05, 0) is 37.5 Å². The normalized spacial score (nSPS) is 33.4. The maximum atomic E-state index is 10.2. The van der Waals surface area contributed by atoms with Crippen LogP contribution in [-0.2, 0) is 4.79 Å². The highest BCUT2D eigenvalue weighted by Gasteiger charge is 2.56. The van der Waals surface area contributed by atoms with Gasteiger partial charge in [0, 0.05) is 31.7 Å². The number of carboxylic acids is 1. The van der Waals surface area contributed by atoms with Crippen LogP contribution in [0.2, 0.25) is 0 Å². The summed E-state index contributed by atoms with van der Waals surface area (Å²) in [6, 6.07) is 3.22. The number of rotatable bonds is 5. The van der Waals surface area contributed by atoms with Crippen molar-refractivity contribution in [3.05, 3.63) is 0 Å². The van der Waals surface area contributed by atoms with Crippen molar-refractivity contribution in [2.24, 2.45) is 11.8 Å². The van der Waals surface area contributed by atoms with E-state index in [0.29, 0.717) is 5.92 Å². The number of hydrogen-bond donors (Lipinski definition) is 0. The van der Waals surface area contributed by atoms with Crippen molar-refractivity contribution >= 4 is 23.0 Å². The molecular formula is C19H36BrNO2. The molecular weight excluding hydrogens is 354 g/mol. The van der Waals surface area contributed by atoms with Gasteiger partial charge in [-0.2, -0.15) is 0 Å². The van der Waals surface area contributed by atoms with Gasteiger partial charge in [0.1, 0.15) is 0 Å². The van der Waals surface area contributed by atoms with Gasteiger partial charge in [0.2, 0.25) is 0 Å². The molecule has 3 rings (SSSR count). The number of nitrogens with zero attached hydrogens (tertiary/aromatic N) is 1. The fourth-order valence-electron chi connectivity index (χ4n) is 4.97. The van der Waals surface area contributed by atoms with E-state index >= 15 is 0 Å². The zero-order valence-electron chi connectivity index (χ0n) is 15.4. The van der Waals surface area contributed by atoms with E-state index in [-0.39, 0.29) is 29.3 Å². The molecule has 2 saturated heterocycles. The molecule has 0 spiro atoms. The third-order valence-electron chi connectivity index (χ3n) is 6.71. The first-order valence-corrected chi connectivity index (χ1v) is 9.44. The summed E-state index contributed by atoms with van der Waals surface area (Å²) in [4.78, 5) is 10.2. The van der Waals surface area contributed by atoms with Gasteiger partial charge in [0.15, 0.2) is 0 Å². The van der Waals surface area contributed by atoms with Gasteiger partial charge in [-0.25, -0.2) is 0 Å².